The molecule has 4 amide bonds. The van der Waals surface area contributed by atoms with Gasteiger partial charge >= 0.3 is 0 Å². The maximum absolute atomic E-state index is 14.2. The molecule has 0 atom stereocenters. The number of rotatable bonds is 23. The van der Waals surface area contributed by atoms with E-state index in [0.29, 0.717) is 112 Å². The summed E-state index contributed by atoms with van der Waals surface area (Å²) in [5, 5.41) is 2.58. The molecule has 6 rings (SSSR count). The largest absolute Gasteiger partial charge is 0.496 e. The highest BCUT2D eigenvalue weighted by Crippen LogP contribution is 2.41. The van der Waals surface area contributed by atoms with Crippen molar-refractivity contribution < 1.29 is 33.5 Å². The third-order valence-electron chi connectivity index (χ3n) is 12.9. The molecule has 0 aliphatic carbocycles. The zero-order valence-electron chi connectivity index (χ0n) is 46.2. The van der Waals surface area contributed by atoms with Crippen molar-refractivity contribution in [3.8, 4) is 28.0 Å². The van der Waals surface area contributed by atoms with Crippen LogP contribution in [0.3, 0.4) is 0 Å². The summed E-state index contributed by atoms with van der Waals surface area (Å²) in [6.45, 7) is 12.4. The fraction of sp³-hybridized carbons (Fsp3) is 0.356. The Hall–Kier alpha value is -8.74. The van der Waals surface area contributed by atoms with Gasteiger partial charge in [0, 0.05) is 93.6 Å². The summed E-state index contributed by atoms with van der Waals surface area (Å²) in [5.41, 5.74) is 20.9. The van der Waals surface area contributed by atoms with Crippen LogP contribution >= 0.6 is 0 Å². The molecular formula is C59H72N12O7. The van der Waals surface area contributed by atoms with Crippen molar-refractivity contribution >= 4 is 95.5 Å². The lowest BCUT2D eigenvalue weighted by Crippen LogP contribution is -2.46. The van der Waals surface area contributed by atoms with Crippen molar-refractivity contribution in [3.63, 3.8) is 0 Å². The van der Waals surface area contributed by atoms with Gasteiger partial charge in [0.05, 0.1) is 55.6 Å². The first kappa shape index (κ1) is 58.5. The molecule has 4 aromatic rings. The number of carbonyl (C=O) groups is 6. The minimum atomic E-state index is -0.440. The Morgan fingerprint density at radius 1 is 0.654 bits per heavy atom. The van der Waals surface area contributed by atoms with Gasteiger partial charge < -0.3 is 35.4 Å². The topological polar surface area (TPSA) is 236 Å². The van der Waals surface area contributed by atoms with Gasteiger partial charge in [0.15, 0.2) is 12.6 Å². The number of hydrazine groups is 1. The number of amidine groups is 2. The minimum absolute atomic E-state index is 0.0812. The van der Waals surface area contributed by atoms with Crippen LogP contribution in [0.25, 0.3) is 34.4 Å². The first-order valence-corrected chi connectivity index (χ1v) is 26.3. The highest BCUT2D eigenvalue weighted by Gasteiger charge is 2.26. The van der Waals surface area contributed by atoms with Gasteiger partial charge in [0.1, 0.15) is 17.4 Å². The molecule has 4 aromatic carbocycles. The second-order valence-corrected chi connectivity index (χ2v) is 19.2. The van der Waals surface area contributed by atoms with Crippen LogP contribution in [-0.4, -0.2) is 148 Å². The van der Waals surface area contributed by atoms with E-state index >= 15 is 0 Å². The van der Waals surface area contributed by atoms with Gasteiger partial charge in [-0.15, -0.1) is 0 Å². The molecule has 0 radical (unpaired) electrons. The zero-order valence-corrected chi connectivity index (χ0v) is 46.2. The molecule has 0 bridgehead atoms. The summed E-state index contributed by atoms with van der Waals surface area (Å²) in [6, 6.07) is 18.1. The van der Waals surface area contributed by atoms with Gasteiger partial charge in [0.25, 0.3) is 5.91 Å². The average molecular weight is 1060 g/mol. The Bertz CT molecular complexity index is 3090. The molecule has 0 unspecified atom stereocenters. The maximum atomic E-state index is 14.2. The van der Waals surface area contributed by atoms with Crippen LogP contribution < -0.4 is 26.6 Å². The molecule has 0 spiro atoms. The summed E-state index contributed by atoms with van der Waals surface area (Å²) < 4.78 is 5.86. The van der Waals surface area contributed by atoms with Crippen molar-refractivity contribution in [2.75, 3.05) is 67.5 Å². The van der Waals surface area contributed by atoms with E-state index in [1.165, 1.54) is 12.7 Å². The quantitative estimate of drug-likeness (QED) is 0.0240. The Labute approximate surface area is 457 Å². The van der Waals surface area contributed by atoms with Gasteiger partial charge in [0.2, 0.25) is 17.7 Å². The van der Waals surface area contributed by atoms with Crippen LogP contribution in [0.15, 0.2) is 91.8 Å². The molecular weight excluding hydrogens is 989 g/mol. The van der Waals surface area contributed by atoms with Gasteiger partial charge in [-0.25, -0.2) is 20.0 Å². The summed E-state index contributed by atoms with van der Waals surface area (Å²) in [4.78, 5) is 104. The number of nitrogens with two attached hydrogens (primary N) is 1. The van der Waals surface area contributed by atoms with Crippen LogP contribution in [0.5, 0.6) is 5.75 Å². The second-order valence-electron chi connectivity index (χ2n) is 19.2. The van der Waals surface area contributed by atoms with Gasteiger partial charge in [-0.1, -0.05) is 45.9 Å². The number of fused-ring (bicyclic) bond motifs is 2. The fourth-order valence-electron chi connectivity index (χ4n) is 9.07. The number of carbonyl (C=O) groups excluding carboxylic acids is 6. The number of methoxy groups -OCH3 is 1. The predicted molar refractivity (Wildman–Crippen MR) is 311 cm³/mol. The first-order chi connectivity index (χ1) is 37.6. The van der Waals surface area contributed by atoms with Crippen LogP contribution in [0.1, 0.15) is 104 Å². The monoisotopic (exact) mass is 1060 g/mol. The number of benzene rings is 4. The SMILES string of the molecule is CCCN(CCC)C(=O)C1=Cc2c(cc(-c3ccc(C=O)c(/N=C\N(C)CC(=O)NNC4=Nc5cc(-c6ccc(C=O)c(/N=C\N(C)CC(=O)NC)c6)cc(C)c5C=C(C(=O)N(CCC)CCC)C4)c3)cc2OC)N=C(N)C1. The molecule has 0 fully saturated rings. The summed E-state index contributed by atoms with van der Waals surface area (Å²) >= 11 is 0. The van der Waals surface area contributed by atoms with E-state index in [1.807, 2.05) is 86.9 Å². The molecule has 19 heteroatoms. The number of nitrogens with one attached hydrogen (secondary N) is 3. The molecule has 2 heterocycles. The van der Waals surface area contributed by atoms with Crippen LogP contribution in [0, 0.1) is 6.92 Å². The smallest absolute Gasteiger partial charge is 0.257 e. The molecule has 19 nitrogen and oxygen atoms in total. The molecule has 0 aromatic heterocycles. The number of likely N-dealkylation sites (N-methyl/N-ethyl adjacent to an activating group) is 3. The number of aliphatic imine (C=N–C) groups is 4. The molecule has 78 heavy (non-hydrogen) atoms. The number of ether oxygens (including phenoxy) is 1. The Kier molecular flexibility index (Phi) is 20.9. The van der Waals surface area contributed by atoms with Crippen LogP contribution in [0.2, 0.25) is 0 Å². The highest BCUT2D eigenvalue weighted by molar-refractivity contribution is 6.08. The number of hydrogen-bond donors (Lipinski definition) is 4. The molecule has 0 saturated heterocycles. The summed E-state index contributed by atoms with van der Waals surface area (Å²) in [7, 11) is 6.48. The van der Waals surface area contributed by atoms with E-state index in [4.69, 9.17) is 20.5 Å². The number of nitrogens with zero attached hydrogens (tertiary/aromatic N) is 8. The lowest BCUT2D eigenvalue weighted by atomic mass is 9.95. The van der Waals surface area contributed by atoms with Crippen LogP contribution in [0.4, 0.5) is 22.7 Å². The lowest BCUT2D eigenvalue weighted by molar-refractivity contribution is -0.128. The second kappa shape index (κ2) is 27.9. The van der Waals surface area contributed by atoms with Crippen molar-refractivity contribution in [1.82, 2.24) is 35.8 Å². The third kappa shape index (κ3) is 15.0. The van der Waals surface area contributed by atoms with E-state index in [2.05, 4.69) is 26.2 Å². The van der Waals surface area contributed by atoms with E-state index in [0.717, 1.165) is 54.2 Å². The molecule has 410 valence electrons. The predicted octanol–water partition coefficient (Wildman–Crippen LogP) is 8.10. The zero-order chi connectivity index (χ0) is 56.5. The lowest BCUT2D eigenvalue weighted by Gasteiger charge is -2.23. The number of aldehydes is 2. The Balaban J connectivity index is 1.24. The third-order valence-corrected chi connectivity index (χ3v) is 12.9. The van der Waals surface area contributed by atoms with Crippen molar-refractivity contribution in [1.29, 1.82) is 0 Å². The van der Waals surface area contributed by atoms with E-state index < -0.39 is 5.91 Å². The number of aryl methyl sites for hydroxylation is 1. The molecule has 5 N–H and O–H groups in total. The summed E-state index contributed by atoms with van der Waals surface area (Å²) in [6.07, 6.45) is 11.6. The van der Waals surface area contributed by atoms with E-state index in [1.54, 1.807) is 68.4 Å². The van der Waals surface area contributed by atoms with Gasteiger partial charge in [-0.3, -0.25) is 39.6 Å². The number of amides is 4. The number of hydrogen-bond acceptors (Lipinski definition) is 13. The van der Waals surface area contributed by atoms with Crippen LogP contribution in [-0.2, 0) is 19.2 Å². The summed E-state index contributed by atoms with van der Waals surface area (Å²) in [5.74, 6) is 0.271. The minimum Gasteiger partial charge on any atom is -0.496 e. The molecule has 2 aliphatic heterocycles. The van der Waals surface area contributed by atoms with Gasteiger partial charge in [-0.05, 0) is 115 Å². The van der Waals surface area contributed by atoms with Crippen molar-refractivity contribution in [3.05, 3.63) is 99.6 Å². The Morgan fingerprint density at radius 2 is 1.14 bits per heavy atom. The normalized spacial score (nSPS) is 12.9. The van der Waals surface area contributed by atoms with Gasteiger partial charge in [-0.2, -0.15) is 0 Å². The fourth-order valence-corrected chi connectivity index (χ4v) is 9.07. The van der Waals surface area contributed by atoms with Crippen molar-refractivity contribution in [2.24, 2.45) is 25.7 Å². The standard InChI is InChI=1S/C59H72N12O7/c1-10-18-70(19-11-2)58(76)45-24-48-52(64-54(60)30-45)28-44(29-53(48)78-9)40-15-17-42(35-73)50(26-40)63-37-69(8)33-57(75)67-66-55-31-46(59(77)71(20-12-3)21-13-4)23-47-38(5)22-43(27-51(47)65-55)39-14-16-41(34-72)49(25-39)62-36-68(7)32-56(74)61-6/h14-17,22-29,34-37H,10-13,18-21,30-33H2,1-9H3,(H2,60,64)(H,61,74)(H,65,66)(H,67,75)/b62-36-,63-37-. The molecule has 0 saturated carbocycles. The average Bonchev–Trinajstić information content (AvgIpc) is 3.74. The highest BCUT2D eigenvalue weighted by atomic mass is 16.5. The Morgan fingerprint density at radius 3 is 1.64 bits per heavy atom. The van der Waals surface area contributed by atoms with Crippen molar-refractivity contribution in [2.45, 2.75) is 73.1 Å². The first-order valence-electron chi connectivity index (χ1n) is 26.3. The molecule has 2 aliphatic rings. The maximum Gasteiger partial charge on any atom is 0.257 e. The van der Waals surface area contributed by atoms with E-state index in [9.17, 15) is 28.8 Å². The van der Waals surface area contributed by atoms with E-state index in [-0.39, 0.29) is 43.7 Å².